The molecule has 0 saturated carbocycles. The molecule has 1 aliphatic rings. The highest BCUT2D eigenvalue weighted by atomic mass is 16.6. The molecule has 1 aromatic rings. The van der Waals surface area contributed by atoms with E-state index < -0.39 is 24.2 Å². The Bertz CT molecular complexity index is 690. The minimum absolute atomic E-state index is 0.191. The molecule has 3 amide bonds. The number of ether oxygens (including phenoxy) is 1. The van der Waals surface area contributed by atoms with E-state index in [-0.39, 0.29) is 23.5 Å². The maximum Gasteiger partial charge on any atom is 0.253 e. The summed E-state index contributed by atoms with van der Waals surface area (Å²) in [5.41, 5.74) is 0.975. The number of carbonyl (C=O) groups is 3. The van der Waals surface area contributed by atoms with Gasteiger partial charge in [-0.15, -0.1) is 0 Å². The average molecular weight is 391 g/mol. The zero-order valence-corrected chi connectivity index (χ0v) is 16.5. The fourth-order valence-electron chi connectivity index (χ4n) is 2.86. The van der Waals surface area contributed by atoms with Crippen LogP contribution in [-0.2, 0) is 25.5 Å². The number of hydrogen-bond donors (Lipinski definition) is 4. The standard InChI is InChI=1S/C20H29N3O5/c1-4-21-18(25)15(11-12(2)3)23-20(27)17-16(28-17)19(26)22-10-9-13-5-7-14(24)8-6-13/h5-8,12,15-17,24H,4,9-11H2,1-3H3,(H,21,25)(H,22,26)(H,23,27)/t15-,16-,17?/m0/s1. The summed E-state index contributed by atoms with van der Waals surface area (Å²) in [5.74, 6) is -0.614. The summed E-state index contributed by atoms with van der Waals surface area (Å²) in [7, 11) is 0. The van der Waals surface area contributed by atoms with Crippen LogP contribution in [0.4, 0.5) is 0 Å². The topological polar surface area (TPSA) is 120 Å². The van der Waals surface area contributed by atoms with Crippen LogP contribution in [0.3, 0.4) is 0 Å². The molecule has 0 aromatic heterocycles. The number of epoxide rings is 1. The number of likely N-dealkylation sites (N-methyl/N-ethyl adjacent to an activating group) is 1. The van der Waals surface area contributed by atoms with Crippen LogP contribution in [0.15, 0.2) is 24.3 Å². The molecular weight excluding hydrogens is 362 g/mol. The minimum atomic E-state index is -0.863. The van der Waals surface area contributed by atoms with Crippen LogP contribution in [0, 0.1) is 5.92 Å². The number of benzene rings is 1. The van der Waals surface area contributed by atoms with E-state index in [1.54, 1.807) is 24.3 Å². The number of amides is 3. The summed E-state index contributed by atoms with van der Waals surface area (Å²) in [4.78, 5) is 36.6. The van der Waals surface area contributed by atoms with Gasteiger partial charge in [-0.25, -0.2) is 0 Å². The van der Waals surface area contributed by atoms with Gasteiger partial charge < -0.3 is 25.8 Å². The average Bonchev–Trinajstić information content (AvgIpc) is 3.43. The number of phenols is 1. The number of hydrogen-bond acceptors (Lipinski definition) is 5. The molecular formula is C20H29N3O5. The zero-order chi connectivity index (χ0) is 20.7. The van der Waals surface area contributed by atoms with Crippen molar-refractivity contribution in [1.29, 1.82) is 0 Å². The normalized spacial score (nSPS) is 19.0. The summed E-state index contributed by atoms with van der Waals surface area (Å²) in [6.07, 6.45) is -0.580. The molecule has 1 fully saturated rings. The second-order valence-corrected chi connectivity index (χ2v) is 7.27. The Morgan fingerprint density at radius 3 is 2.32 bits per heavy atom. The van der Waals surface area contributed by atoms with Gasteiger partial charge in [0.05, 0.1) is 0 Å². The van der Waals surface area contributed by atoms with Crippen molar-refractivity contribution in [2.75, 3.05) is 13.1 Å². The first-order chi connectivity index (χ1) is 13.3. The van der Waals surface area contributed by atoms with E-state index in [1.165, 1.54) is 0 Å². The minimum Gasteiger partial charge on any atom is -0.508 e. The predicted molar refractivity (Wildman–Crippen MR) is 104 cm³/mol. The lowest BCUT2D eigenvalue weighted by atomic mass is 10.0. The Labute approximate surface area is 165 Å². The zero-order valence-electron chi connectivity index (χ0n) is 16.5. The Kier molecular flexibility index (Phi) is 7.80. The number of nitrogens with one attached hydrogen (secondary N) is 3. The van der Waals surface area contributed by atoms with E-state index in [2.05, 4.69) is 16.0 Å². The molecule has 1 saturated heterocycles. The molecule has 0 spiro atoms. The third-order valence-corrected chi connectivity index (χ3v) is 4.35. The molecule has 8 nitrogen and oxygen atoms in total. The summed E-state index contributed by atoms with van der Waals surface area (Å²) in [5, 5.41) is 17.4. The Hall–Kier alpha value is -2.61. The van der Waals surface area contributed by atoms with Crippen molar-refractivity contribution in [3.8, 4) is 5.75 Å². The van der Waals surface area contributed by atoms with E-state index >= 15 is 0 Å². The molecule has 1 aromatic carbocycles. The molecule has 8 heteroatoms. The van der Waals surface area contributed by atoms with Gasteiger partial charge in [0, 0.05) is 13.1 Å². The summed E-state index contributed by atoms with van der Waals surface area (Å²) < 4.78 is 5.22. The lowest BCUT2D eigenvalue weighted by Crippen LogP contribution is -2.49. The third kappa shape index (κ3) is 6.53. The van der Waals surface area contributed by atoms with Crippen LogP contribution in [0.2, 0.25) is 0 Å². The number of carbonyl (C=O) groups excluding carboxylic acids is 3. The first-order valence-electron chi connectivity index (χ1n) is 9.61. The summed E-state index contributed by atoms with van der Waals surface area (Å²) in [6.45, 7) is 6.63. The van der Waals surface area contributed by atoms with Gasteiger partial charge in [-0.05, 0) is 43.4 Å². The second-order valence-electron chi connectivity index (χ2n) is 7.27. The Morgan fingerprint density at radius 2 is 1.71 bits per heavy atom. The number of rotatable bonds is 10. The fraction of sp³-hybridized carbons (Fsp3) is 0.550. The molecule has 4 N–H and O–H groups in total. The first kappa shape index (κ1) is 21.7. The highest BCUT2D eigenvalue weighted by molar-refractivity contribution is 5.97. The van der Waals surface area contributed by atoms with Crippen molar-refractivity contribution in [1.82, 2.24) is 16.0 Å². The molecule has 1 aliphatic heterocycles. The Balaban J connectivity index is 1.77. The van der Waals surface area contributed by atoms with Crippen LogP contribution in [0.5, 0.6) is 5.75 Å². The van der Waals surface area contributed by atoms with Crippen molar-refractivity contribution in [2.45, 2.75) is 51.9 Å². The van der Waals surface area contributed by atoms with Crippen molar-refractivity contribution in [3.05, 3.63) is 29.8 Å². The van der Waals surface area contributed by atoms with E-state index in [0.717, 1.165) is 5.56 Å². The monoisotopic (exact) mass is 391 g/mol. The highest BCUT2D eigenvalue weighted by Gasteiger charge is 2.50. The van der Waals surface area contributed by atoms with E-state index in [9.17, 15) is 19.5 Å². The summed E-state index contributed by atoms with van der Waals surface area (Å²) >= 11 is 0. The molecule has 2 rings (SSSR count). The van der Waals surface area contributed by atoms with Crippen LogP contribution in [0.1, 0.15) is 32.8 Å². The van der Waals surface area contributed by atoms with Crippen LogP contribution >= 0.6 is 0 Å². The first-order valence-corrected chi connectivity index (χ1v) is 9.61. The number of phenolic OH excluding ortho intramolecular Hbond substituents is 1. The fourth-order valence-corrected chi connectivity index (χ4v) is 2.86. The van der Waals surface area contributed by atoms with E-state index in [1.807, 2.05) is 20.8 Å². The number of aromatic hydroxyl groups is 1. The molecule has 0 aliphatic carbocycles. The maximum absolute atomic E-state index is 12.3. The van der Waals surface area contributed by atoms with Gasteiger partial charge >= 0.3 is 0 Å². The van der Waals surface area contributed by atoms with Crippen molar-refractivity contribution in [2.24, 2.45) is 5.92 Å². The molecule has 1 heterocycles. The SMILES string of the molecule is CCNC(=O)[C@H](CC(C)C)NC(=O)C1O[C@@H]1C(=O)NCCc1ccc(O)cc1. The van der Waals surface area contributed by atoms with Gasteiger partial charge in [-0.3, -0.25) is 14.4 Å². The molecule has 28 heavy (non-hydrogen) atoms. The highest BCUT2D eigenvalue weighted by Crippen LogP contribution is 2.23. The van der Waals surface area contributed by atoms with Crippen LogP contribution in [0.25, 0.3) is 0 Å². The van der Waals surface area contributed by atoms with Crippen LogP contribution < -0.4 is 16.0 Å². The maximum atomic E-state index is 12.3. The largest absolute Gasteiger partial charge is 0.508 e. The Morgan fingerprint density at radius 1 is 1.07 bits per heavy atom. The molecule has 3 atom stereocenters. The molecule has 154 valence electrons. The van der Waals surface area contributed by atoms with Crippen molar-refractivity contribution < 1.29 is 24.2 Å². The predicted octanol–water partition coefficient (Wildman–Crippen LogP) is 0.485. The molecule has 0 radical (unpaired) electrons. The second kappa shape index (κ2) is 10.1. The van der Waals surface area contributed by atoms with Crippen LogP contribution in [-0.4, -0.2) is 54.2 Å². The molecule has 1 unspecified atom stereocenters. The van der Waals surface area contributed by atoms with Gasteiger partial charge in [-0.1, -0.05) is 26.0 Å². The van der Waals surface area contributed by atoms with Gasteiger partial charge in [0.1, 0.15) is 11.8 Å². The van der Waals surface area contributed by atoms with Gasteiger partial charge in [0.2, 0.25) is 5.91 Å². The van der Waals surface area contributed by atoms with E-state index in [0.29, 0.717) is 25.9 Å². The third-order valence-electron chi connectivity index (χ3n) is 4.35. The summed E-state index contributed by atoms with van der Waals surface area (Å²) in [6, 6.07) is 6.09. The smallest absolute Gasteiger partial charge is 0.253 e. The lowest BCUT2D eigenvalue weighted by Gasteiger charge is -2.19. The molecule has 0 bridgehead atoms. The lowest BCUT2D eigenvalue weighted by molar-refractivity contribution is -0.130. The van der Waals surface area contributed by atoms with Gasteiger partial charge in [-0.2, -0.15) is 0 Å². The van der Waals surface area contributed by atoms with Gasteiger partial charge in [0.15, 0.2) is 12.2 Å². The van der Waals surface area contributed by atoms with Gasteiger partial charge in [0.25, 0.3) is 11.8 Å². The quantitative estimate of drug-likeness (QED) is 0.433. The van der Waals surface area contributed by atoms with Crippen molar-refractivity contribution >= 4 is 17.7 Å². The van der Waals surface area contributed by atoms with Crippen molar-refractivity contribution in [3.63, 3.8) is 0 Å². The van der Waals surface area contributed by atoms with E-state index in [4.69, 9.17) is 4.74 Å².